The van der Waals surface area contributed by atoms with Crippen LogP contribution in [0.1, 0.15) is 43.1 Å². The number of aromatic nitrogens is 2. The number of rotatable bonds is 13. The Balaban J connectivity index is 1.58. The van der Waals surface area contributed by atoms with Crippen molar-refractivity contribution in [2.75, 3.05) is 6.54 Å². The summed E-state index contributed by atoms with van der Waals surface area (Å²) in [6.45, 7) is 7.62. The fourth-order valence-electron chi connectivity index (χ4n) is 3.99. The molecule has 8 nitrogen and oxygen atoms in total. The minimum atomic E-state index is -0.955. The van der Waals surface area contributed by atoms with E-state index >= 15 is 0 Å². The first-order valence-electron chi connectivity index (χ1n) is 12.0. The van der Waals surface area contributed by atoms with Crippen molar-refractivity contribution in [1.29, 1.82) is 0 Å². The maximum Gasteiger partial charge on any atom is 0.468 e. The van der Waals surface area contributed by atoms with Gasteiger partial charge in [0, 0.05) is 49.1 Å². The minimum Gasteiger partial charge on any atom is -0.481 e. The van der Waals surface area contributed by atoms with Crippen molar-refractivity contribution in [2.24, 2.45) is 4.99 Å². The number of carboxylic acid groups (broad SMARTS) is 1. The van der Waals surface area contributed by atoms with Crippen LogP contribution in [0.3, 0.4) is 0 Å². The standard InChI is InChI=1S/C26H33BN4O4S/c1-3-7-21(28-4-2)16-31(17-22-8-5-6-13-29-22)18-23-10-9-20(15-30-23)19-36-25-12-11-24(14-26(32)33)35-27(25)34/h3-10,13,15,24-25,34H,2,11-12,14,16-19H2,1H3,(H,32,33)/b7-3-,28-21?/t24-,25-/m0/s1. The van der Waals surface area contributed by atoms with Crippen LogP contribution in [-0.2, 0) is 28.3 Å². The van der Waals surface area contributed by atoms with Crippen molar-refractivity contribution < 1.29 is 19.6 Å². The SMILES string of the molecule is C=CN=C(/C=C\C)CN(Cc1ccccn1)Cc1ccc(CS[C@H]2CC[C@@H](CC(=O)O)OB2O)cn1. The molecule has 0 unspecified atom stereocenters. The van der Waals surface area contributed by atoms with Gasteiger partial charge in [0.2, 0.25) is 0 Å². The molecule has 2 atom stereocenters. The second-order valence-electron chi connectivity index (χ2n) is 8.60. The summed E-state index contributed by atoms with van der Waals surface area (Å²) in [7, 11) is -0.955. The molecule has 2 aromatic rings. The largest absolute Gasteiger partial charge is 0.481 e. The van der Waals surface area contributed by atoms with Gasteiger partial charge in [-0.15, -0.1) is 0 Å². The molecule has 1 saturated heterocycles. The van der Waals surface area contributed by atoms with Crippen LogP contribution >= 0.6 is 11.8 Å². The quantitative estimate of drug-likeness (QED) is 0.310. The monoisotopic (exact) mass is 508 g/mol. The number of carboxylic acids is 1. The van der Waals surface area contributed by atoms with Gasteiger partial charge in [-0.3, -0.25) is 24.7 Å². The molecule has 2 N–H and O–H groups in total. The zero-order valence-corrected chi connectivity index (χ0v) is 21.4. The van der Waals surface area contributed by atoms with Gasteiger partial charge in [0.05, 0.1) is 29.6 Å². The Morgan fingerprint density at radius 2 is 2.08 bits per heavy atom. The van der Waals surface area contributed by atoms with Crippen LogP contribution in [0.5, 0.6) is 0 Å². The fourth-order valence-corrected chi connectivity index (χ4v) is 5.10. The topological polar surface area (TPSA) is 108 Å². The van der Waals surface area contributed by atoms with Crippen molar-refractivity contribution in [2.45, 2.75) is 56.3 Å². The highest BCUT2D eigenvalue weighted by Crippen LogP contribution is 2.29. The molecule has 0 spiro atoms. The van der Waals surface area contributed by atoms with E-state index in [1.54, 1.807) is 24.2 Å². The van der Waals surface area contributed by atoms with Crippen LogP contribution in [-0.4, -0.2) is 61.6 Å². The van der Waals surface area contributed by atoms with Crippen LogP contribution in [0.15, 0.2) is 72.6 Å². The van der Waals surface area contributed by atoms with E-state index in [1.165, 1.54) is 0 Å². The van der Waals surface area contributed by atoms with E-state index in [0.717, 1.165) is 29.1 Å². The van der Waals surface area contributed by atoms with E-state index in [-0.39, 0.29) is 11.6 Å². The average molecular weight is 508 g/mol. The number of hydrogen-bond acceptors (Lipinski definition) is 8. The highest BCUT2D eigenvalue weighted by atomic mass is 32.2. The fraction of sp³-hybridized carbons (Fsp3) is 0.385. The van der Waals surface area contributed by atoms with Gasteiger partial charge in [0.1, 0.15) is 0 Å². The summed E-state index contributed by atoms with van der Waals surface area (Å²) in [5.41, 5.74) is 3.89. The highest BCUT2D eigenvalue weighted by Gasteiger charge is 2.35. The smallest absolute Gasteiger partial charge is 0.468 e. The Kier molecular flexibility index (Phi) is 11.3. The van der Waals surface area contributed by atoms with Crippen molar-refractivity contribution in [3.63, 3.8) is 0 Å². The van der Waals surface area contributed by atoms with E-state index in [1.807, 2.05) is 49.5 Å². The minimum absolute atomic E-state index is 0.0765. The van der Waals surface area contributed by atoms with Crippen LogP contribution in [0, 0.1) is 0 Å². The number of aliphatic imine (C=N–C) groups is 1. The molecule has 1 aliphatic rings. The third-order valence-corrected chi connectivity index (χ3v) is 7.07. The molecule has 0 aliphatic carbocycles. The predicted octanol–water partition coefficient (Wildman–Crippen LogP) is 3.91. The molecule has 0 bridgehead atoms. The summed E-state index contributed by atoms with van der Waals surface area (Å²) in [5, 5.41) is 19.1. The number of allylic oxidation sites excluding steroid dienone is 1. The lowest BCUT2D eigenvalue weighted by atomic mass is 9.77. The molecule has 3 rings (SSSR count). The van der Waals surface area contributed by atoms with Crippen molar-refractivity contribution in [1.82, 2.24) is 14.9 Å². The third-order valence-electron chi connectivity index (χ3n) is 5.67. The Hall–Kier alpha value is -2.79. The van der Waals surface area contributed by atoms with Gasteiger partial charge in [-0.1, -0.05) is 24.8 Å². The summed E-state index contributed by atoms with van der Waals surface area (Å²) in [4.78, 5) is 26.6. The molecule has 3 heterocycles. The molecule has 2 aromatic heterocycles. The lowest BCUT2D eigenvalue weighted by molar-refractivity contribution is -0.139. The molecular formula is C26H33BN4O4S. The zero-order valence-electron chi connectivity index (χ0n) is 20.6. The Morgan fingerprint density at radius 1 is 1.28 bits per heavy atom. The second kappa shape index (κ2) is 14.7. The molecule has 1 aliphatic heterocycles. The van der Waals surface area contributed by atoms with Gasteiger partial charge in [-0.05, 0) is 49.6 Å². The van der Waals surface area contributed by atoms with Crippen molar-refractivity contribution in [3.8, 4) is 0 Å². The Bertz CT molecular complexity index is 1040. The normalized spacial score (nSPS) is 18.6. The van der Waals surface area contributed by atoms with E-state index in [4.69, 9.17) is 9.76 Å². The first kappa shape index (κ1) is 27.8. The first-order valence-corrected chi connectivity index (χ1v) is 13.0. The van der Waals surface area contributed by atoms with Crippen molar-refractivity contribution in [3.05, 3.63) is 84.6 Å². The number of aliphatic carboxylic acids is 1. The molecule has 36 heavy (non-hydrogen) atoms. The lowest BCUT2D eigenvalue weighted by Crippen LogP contribution is -2.42. The zero-order chi connectivity index (χ0) is 25.8. The summed E-state index contributed by atoms with van der Waals surface area (Å²) >= 11 is 1.61. The third kappa shape index (κ3) is 9.35. The predicted molar refractivity (Wildman–Crippen MR) is 144 cm³/mol. The van der Waals surface area contributed by atoms with E-state index in [0.29, 0.717) is 31.8 Å². The molecule has 1 fully saturated rings. The van der Waals surface area contributed by atoms with Crippen LogP contribution in [0.2, 0.25) is 0 Å². The summed E-state index contributed by atoms with van der Waals surface area (Å²) in [6.07, 6.45) is 10.0. The molecule has 190 valence electrons. The van der Waals surface area contributed by atoms with Gasteiger partial charge in [-0.2, -0.15) is 11.8 Å². The van der Waals surface area contributed by atoms with E-state index < -0.39 is 19.2 Å². The number of thioether (sulfide) groups is 1. The summed E-state index contributed by atoms with van der Waals surface area (Å²) in [6, 6.07) is 9.98. The molecule has 0 aromatic carbocycles. The average Bonchev–Trinajstić information content (AvgIpc) is 2.85. The number of nitrogens with zero attached hydrogens (tertiary/aromatic N) is 4. The van der Waals surface area contributed by atoms with Gasteiger partial charge in [0.25, 0.3) is 0 Å². The number of pyridine rings is 2. The maximum atomic E-state index is 10.9. The highest BCUT2D eigenvalue weighted by molar-refractivity contribution is 8.00. The molecule has 0 radical (unpaired) electrons. The first-order chi connectivity index (χ1) is 17.5. The van der Waals surface area contributed by atoms with Crippen LogP contribution < -0.4 is 0 Å². The summed E-state index contributed by atoms with van der Waals surface area (Å²) < 4.78 is 5.48. The van der Waals surface area contributed by atoms with E-state index in [9.17, 15) is 9.82 Å². The maximum absolute atomic E-state index is 10.9. The van der Waals surface area contributed by atoms with Crippen LogP contribution in [0.4, 0.5) is 0 Å². The lowest BCUT2D eigenvalue weighted by Gasteiger charge is -2.30. The Labute approximate surface area is 217 Å². The van der Waals surface area contributed by atoms with Gasteiger partial charge < -0.3 is 14.8 Å². The van der Waals surface area contributed by atoms with Gasteiger partial charge in [-0.25, -0.2) is 0 Å². The van der Waals surface area contributed by atoms with Crippen LogP contribution in [0.25, 0.3) is 0 Å². The molecule has 0 saturated carbocycles. The number of carbonyl (C=O) groups is 1. The Morgan fingerprint density at radius 3 is 2.69 bits per heavy atom. The number of hydrogen-bond donors (Lipinski definition) is 2. The van der Waals surface area contributed by atoms with Gasteiger partial charge >= 0.3 is 13.1 Å². The van der Waals surface area contributed by atoms with Gasteiger partial charge in [0.15, 0.2) is 0 Å². The second-order valence-corrected chi connectivity index (χ2v) is 9.83. The van der Waals surface area contributed by atoms with Crippen molar-refractivity contribution >= 4 is 30.6 Å². The molecule has 10 heteroatoms. The summed E-state index contributed by atoms with van der Waals surface area (Å²) in [5.74, 6) is -0.217. The van der Waals surface area contributed by atoms with E-state index in [2.05, 4.69) is 32.5 Å². The molecule has 0 amide bonds. The molecular weight excluding hydrogens is 475 g/mol.